The molecule has 2 atom stereocenters. The molecular weight excluding hydrogens is 935 g/mol. The Morgan fingerprint density at radius 1 is 0.413 bits per heavy atom. The second-order valence-electron chi connectivity index (χ2n) is 20.2. The fraction of sp³-hybridized carbons (Fsp3) is 0.621. The van der Waals surface area contributed by atoms with E-state index in [1.54, 1.807) is 0 Å². The Kier molecular flexibility index (Phi) is 52.3. The first kappa shape index (κ1) is 70.4. The first-order chi connectivity index (χ1) is 36.6. The van der Waals surface area contributed by atoms with Crippen LogP contribution in [0.25, 0.3) is 0 Å². The molecule has 0 rings (SSSR count). The summed E-state index contributed by atoms with van der Waals surface area (Å²) in [7, 11) is 5.90. The lowest BCUT2D eigenvalue weighted by molar-refractivity contribution is -0.870. The molecule has 0 amide bonds. The normalized spacial score (nSPS) is 13.8. The van der Waals surface area contributed by atoms with Gasteiger partial charge in [-0.2, -0.15) is 0 Å². The number of likely N-dealkylation sites (N-methyl/N-ethyl adjacent to an activating group) is 1. The lowest BCUT2D eigenvalue weighted by Crippen LogP contribution is -2.44. The van der Waals surface area contributed by atoms with Gasteiger partial charge in [-0.05, 0) is 116 Å². The highest BCUT2D eigenvalue weighted by Gasteiger charge is 2.22. The molecule has 0 aromatic carbocycles. The summed E-state index contributed by atoms with van der Waals surface area (Å²) in [5, 5.41) is 11.8. The number of aliphatic carboxylic acids is 1. The summed E-state index contributed by atoms with van der Waals surface area (Å²) in [6.45, 7) is 4.56. The molecule has 75 heavy (non-hydrogen) atoms. The van der Waals surface area contributed by atoms with Crippen molar-refractivity contribution in [3.8, 4) is 0 Å². The van der Waals surface area contributed by atoms with Gasteiger partial charge in [0.05, 0.1) is 40.3 Å². The van der Waals surface area contributed by atoms with Gasteiger partial charge in [0.1, 0.15) is 13.2 Å². The Morgan fingerprint density at radius 2 is 0.760 bits per heavy atom. The molecule has 0 aromatic heterocycles. The standard InChI is InChI=1S/C66H107NO8/c1-6-8-10-12-14-16-18-20-21-22-23-24-25-26-27-28-29-30-31-32-33-34-35-36-37-38-39-40-41-42-43-45-47-49-51-53-55-57-64(69)75-62(61-74-66(65(70)71)72-59-58-67(3,4)5)60-73-63(68)56-54-52-50-48-46-44-19-17-15-13-11-9-7-2/h8,10,14,16-17,19-21,23-24,26-27,29-30,32-33,35-36,38-39,41-42,62,66H,6-7,9,11-13,15,18,22,25,28,31,34,37,40,43-61H2,1-5H3/b10-8-,16-14-,19-17-,21-20-,24-23-,27-26-,30-29-,33-32-,36-35-,39-38-,42-41-. The van der Waals surface area contributed by atoms with Crippen molar-refractivity contribution in [2.75, 3.05) is 47.5 Å². The average molecular weight is 1040 g/mol. The van der Waals surface area contributed by atoms with Crippen LogP contribution in [0.5, 0.6) is 0 Å². The van der Waals surface area contributed by atoms with E-state index < -0.39 is 24.3 Å². The predicted octanol–water partition coefficient (Wildman–Crippen LogP) is 16.1. The van der Waals surface area contributed by atoms with Crippen LogP contribution >= 0.6 is 0 Å². The van der Waals surface area contributed by atoms with Gasteiger partial charge in [0, 0.05) is 12.8 Å². The number of carbonyl (C=O) groups is 3. The number of allylic oxidation sites excluding steroid dienone is 22. The van der Waals surface area contributed by atoms with Crippen LogP contribution in [0.3, 0.4) is 0 Å². The van der Waals surface area contributed by atoms with E-state index in [4.69, 9.17) is 18.9 Å². The molecule has 0 aliphatic heterocycles. The maximum absolute atomic E-state index is 12.8. The number of rotatable bonds is 52. The summed E-state index contributed by atoms with van der Waals surface area (Å²) < 4.78 is 22.6. The summed E-state index contributed by atoms with van der Waals surface area (Å²) in [5.74, 6) is -2.33. The minimum Gasteiger partial charge on any atom is -0.545 e. The molecule has 2 unspecified atom stereocenters. The van der Waals surface area contributed by atoms with E-state index in [1.807, 2.05) is 21.1 Å². The number of nitrogens with zero attached hydrogens (tertiary/aromatic N) is 1. The molecule has 0 aliphatic rings. The highest BCUT2D eigenvalue weighted by molar-refractivity contribution is 5.70. The van der Waals surface area contributed by atoms with Gasteiger partial charge in [-0.15, -0.1) is 0 Å². The highest BCUT2D eigenvalue weighted by atomic mass is 16.7. The number of unbranched alkanes of at least 4 members (excludes halogenated alkanes) is 15. The number of carboxylic acid groups (broad SMARTS) is 1. The maximum Gasteiger partial charge on any atom is 0.306 e. The third kappa shape index (κ3) is 57.0. The Labute approximate surface area is 459 Å². The number of carboxylic acids is 1. The SMILES string of the molecule is CC/C=C\C/C=C\C/C=C\C/C=C\C/C=C\C/C=C\C/C=C\C/C=C\C/C=C\C/C=C\CCCCCCCCC(=O)OC(COC(=O)CCCCCCC/C=C\CCCCCC)COC(OCC[N+](C)(C)C)C(=O)[O-]. The van der Waals surface area contributed by atoms with Crippen molar-refractivity contribution in [1.82, 2.24) is 0 Å². The Balaban J connectivity index is 4.24. The van der Waals surface area contributed by atoms with E-state index >= 15 is 0 Å². The molecule has 0 spiro atoms. The molecule has 0 radical (unpaired) electrons. The molecule has 9 heteroatoms. The molecule has 9 nitrogen and oxygen atoms in total. The van der Waals surface area contributed by atoms with Crippen LogP contribution < -0.4 is 5.11 Å². The van der Waals surface area contributed by atoms with E-state index in [2.05, 4.69) is 148 Å². The molecule has 0 saturated heterocycles. The summed E-state index contributed by atoms with van der Waals surface area (Å²) >= 11 is 0. The zero-order valence-corrected chi connectivity index (χ0v) is 48.1. The number of esters is 2. The smallest absolute Gasteiger partial charge is 0.306 e. The van der Waals surface area contributed by atoms with Crippen LogP contribution in [0, 0.1) is 0 Å². The minimum atomic E-state index is -1.63. The monoisotopic (exact) mass is 1040 g/mol. The number of carbonyl (C=O) groups excluding carboxylic acids is 3. The lowest BCUT2D eigenvalue weighted by Gasteiger charge is -2.26. The van der Waals surface area contributed by atoms with Crippen LogP contribution in [-0.2, 0) is 33.3 Å². The largest absolute Gasteiger partial charge is 0.545 e. The van der Waals surface area contributed by atoms with E-state index in [0.29, 0.717) is 17.4 Å². The molecule has 0 heterocycles. The maximum atomic E-state index is 12.8. The summed E-state index contributed by atoms with van der Waals surface area (Å²) in [6.07, 6.45) is 76.5. The average Bonchev–Trinajstić information content (AvgIpc) is 3.38. The second-order valence-corrected chi connectivity index (χ2v) is 20.2. The molecule has 0 fully saturated rings. The molecule has 0 bridgehead atoms. The van der Waals surface area contributed by atoms with Crippen LogP contribution in [0.2, 0.25) is 0 Å². The highest BCUT2D eigenvalue weighted by Crippen LogP contribution is 2.13. The van der Waals surface area contributed by atoms with E-state index in [1.165, 1.54) is 32.1 Å². The van der Waals surface area contributed by atoms with Crippen molar-refractivity contribution >= 4 is 17.9 Å². The van der Waals surface area contributed by atoms with Crippen molar-refractivity contribution in [2.24, 2.45) is 0 Å². The molecule has 0 saturated carbocycles. The van der Waals surface area contributed by atoms with Gasteiger partial charge < -0.3 is 33.3 Å². The third-order valence-corrected chi connectivity index (χ3v) is 11.9. The second kappa shape index (κ2) is 55.7. The van der Waals surface area contributed by atoms with Gasteiger partial charge in [-0.1, -0.05) is 212 Å². The lowest BCUT2D eigenvalue weighted by atomic mass is 10.1. The van der Waals surface area contributed by atoms with Crippen LogP contribution in [0.1, 0.15) is 206 Å². The molecule has 0 N–H and O–H groups in total. The van der Waals surface area contributed by atoms with E-state index in [0.717, 1.165) is 141 Å². The first-order valence-corrected chi connectivity index (χ1v) is 29.3. The summed E-state index contributed by atoms with van der Waals surface area (Å²) in [4.78, 5) is 37.2. The Bertz CT molecular complexity index is 1690. The van der Waals surface area contributed by atoms with Crippen LogP contribution in [-0.4, -0.2) is 82.3 Å². The minimum absolute atomic E-state index is 0.136. The van der Waals surface area contributed by atoms with Gasteiger partial charge in [0.25, 0.3) is 0 Å². The topological polar surface area (TPSA) is 111 Å². The van der Waals surface area contributed by atoms with Crippen molar-refractivity contribution in [3.05, 3.63) is 134 Å². The zero-order chi connectivity index (χ0) is 54.8. The first-order valence-electron chi connectivity index (χ1n) is 29.3. The predicted molar refractivity (Wildman–Crippen MR) is 315 cm³/mol. The van der Waals surface area contributed by atoms with Crippen molar-refractivity contribution in [1.29, 1.82) is 0 Å². The van der Waals surface area contributed by atoms with Gasteiger partial charge in [0.15, 0.2) is 12.4 Å². The van der Waals surface area contributed by atoms with Gasteiger partial charge >= 0.3 is 11.9 Å². The van der Waals surface area contributed by atoms with Crippen molar-refractivity contribution < 1.29 is 42.9 Å². The van der Waals surface area contributed by atoms with Crippen LogP contribution in [0.4, 0.5) is 0 Å². The van der Waals surface area contributed by atoms with Gasteiger partial charge in [-0.3, -0.25) is 9.59 Å². The molecule has 424 valence electrons. The van der Waals surface area contributed by atoms with Crippen LogP contribution in [0.15, 0.2) is 134 Å². The number of hydrogen-bond donors (Lipinski definition) is 0. The van der Waals surface area contributed by atoms with Gasteiger partial charge in [-0.25, -0.2) is 0 Å². The molecule has 0 aliphatic carbocycles. The fourth-order valence-electron chi connectivity index (χ4n) is 7.38. The summed E-state index contributed by atoms with van der Waals surface area (Å²) in [6, 6.07) is 0. The zero-order valence-electron chi connectivity index (χ0n) is 48.1. The number of hydrogen-bond acceptors (Lipinski definition) is 8. The van der Waals surface area contributed by atoms with Gasteiger partial charge in [0.2, 0.25) is 0 Å². The van der Waals surface area contributed by atoms with Crippen molar-refractivity contribution in [2.45, 2.75) is 219 Å². The number of quaternary nitrogens is 1. The molecule has 0 aromatic rings. The number of ether oxygens (including phenoxy) is 4. The Hall–Kier alpha value is -4.57. The Morgan fingerprint density at radius 3 is 1.15 bits per heavy atom. The fourth-order valence-corrected chi connectivity index (χ4v) is 7.38. The van der Waals surface area contributed by atoms with E-state index in [9.17, 15) is 19.5 Å². The quantitative estimate of drug-likeness (QED) is 0.0195. The molecular formula is C66H107NO8. The third-order valence-electron chi connectivity index (χ3n) is 11.9. The van der Waals surface area contributed by atoms with E-state index in [-0.39, 0.29) is 38.6 Å². The summed E-state index contributed by atoms with van der Waals surface area (Å²) in [5.41, 5.74) is 0. The van der Waals surface area contributed by atoms with Crippen molar-refractivity contribution in [3.63, 3.8) is 0 Å².